The van der Waals surface area contributed by atoms with Crippen molar-refractivity contribution in [1.82, 2.24) is 0 Å². The topological polar surface area (TPSA) is 49.8 Å². The van der Waals surface area contributed by atoms with Crippen molar-refractivity contribution >= 4 is 12.4 Å². The zero-order chi connectivity index (χ0) is 8.60. The van der Waals surface area contributed by atoms with E-state index in [1.54, 1.807) is 0 Å². The number of halogens is 1. The smallest absolute Gasteiger partial charge is 0.0991 e. The Morgan fingerprint density at radius 2 is 1.77 bits per heavy atom. The molecule has 0 atom stereocenters. The van der Waals surface area contributed by atoms with Crippen LogP contribution in [0.5, 0.6) is 0 Å². The molecule has 1 aromatic carbocycles. The highest BCUT2D eigenvalue weighted by Gasteiger charge is 2.39. The van der Waals surface area contributed by atoms with Gasteiger partial charge in [0.1, 0.15) is 0 Å². The van der Waals surface area contributed by atoms with Gasteiger partial charge in [-0.25, -0.2) is 0 Å². The standard InChI is InChI=1S/C10H10N2.ClH/c11-7-8-1-3-9(4-2-8)10(12)5-6-10;/h1-4H,5-6,12H2;1H. The third-order valence-corrected chi connectivity index (χ3v) is 2.38. The van der Waals surface area contributed by atoms with Crippen molar-refractivity contribution in [2.45, 2.75) is 18.4 Å². The number of nitrogens with two attached hydrogens (primary N) is 1. The van der Waals surface area contributed by atoms with Crippen LogP contribution in [0.2, 0.25) is 0 Å². The van der Waals surface area contributed by atoms with Gasteiger partial charge in [0.2, 0.25) is 0 Å². The summed E-state index contributed by atoms with van der Waals surface area (Å²) in [6, 6.07) is 9.63. The zero-order valence-corrected chi connectivity index (χ0v) is 7.97. The van der Waals surface area contributed by atoms with Gasteiger partial charge in [-0.15, -0.1) is 12.4 Å². The number of rotatable bonds is 1. The maximum absolute atomic E-state index is 8.57. The predicted octanol–water partition coefficient (Wildman–Crippen LogP) is 1.93. The molecule has 0 aliphatic heterocycles. The van der Waals surface area contributed by atoms with E-state index in [1.807, 2.05) is 24.3 Å². The van der Waals surface area contributed by atoms with Crippen molar-refractivity contribution in [1.29, 1.82) is 5.26 Å². The molecule has 0 bridgehead atoms. The van der Waals surface area contributed by atoms with Crippen LogP contribution < -0.4 is 5.73 Å². The molecule has 0 spiro atoms. The van der Waals surface area contributed by atoms with Gasteiger partial charge in [-0.2, -0.15) is 5.26 Å². The predicted molar refractivity (Wildman–Crippen MR) is 53.5 cm³/mol. The molecule has 0 aromatic heterocycles. The van der Waals surface area contributed by atoms with Crippen LogP contribution in [0.25, 0.3) is 0 Å². The summed E-state index contributed by atoms with van der Waals surface area (Å²) in [7, 11) is 0. The van der Waals surface area contributed by atoms with E-state index in [-0.39, 0.29) is 17.9 Å². The quantitative estimate of drug-likeness (QED) is 0.743. The summed E-state index contributed by atoms with van der Waals surface area (Å²) in [6.07, 6.45) is 2.14. The second kappa shape index (κ2) is 3.37. The first-order valence-electron chi connectivity index (χ1n) is 4.04. The van der Waals surface area contributed by atoms with Gasteiger partial charge in [-0.05, 0) is 30.5 Å². The molecule has 1 fully saturated rings. The fraction of sp³-hybridized carbons (Fsp3) is 0.300. The second-order valence-electron chi connectivity index (χ2n) is 3.35. The lowest BCUT2D eigenvalue weighted by molar-refractivity contribution is 0.740. The van der Waals surface area contributed by atoms with E-state index in [0.717, 1.165) is 18.4 Å². The molecular weight excluding hydrogens is 184 g/mol. The largest absolute Gasteiger partial charge is 0.321 e. The van der Waals surface area contributed by atoms with Crippen molar-refractivity contribution in [3.05, 3.63) is 35.4 Å². The molecule has 0 heterocycles. The maximum Gasteiger partial charge on any atom is 0.0991 e. The fourth-order valence-corrected chi connectivity index (χ4v) is 1.30. The lowest BCUT2D eigenvalue weighted by atomic mass is 10.0. The van der Waals surface area contributed by atoms with Crippen LogP contribution >= 0.6 is 12.4 Å². The van der Waals surface area contributed by atoms with Gasteiger partial charge in [-0.1, -0.05) is 12.1 Å². The average Bonchev–Trinajstić information content (AvgIpc) is 2.85. The molecule has 13 heavy (non-hydrogen) atoms. The van der Waals surface area contributed by atoms with Crippen molar-refractivity contribution in [2.75, 3.05) is 0 Å². The summed E-state index contributed by atoms with van der Waals surface area (Å²) in [5, 5.41) is 8.57. The minimum absolute atomic E-state index is 0. The molecule has 2 nitrogen and oxygen atoms in total. The molecule has 1 saturated carbocycles. The summed E-state index contributed by atoms with van der Waals surface area (Å²) >= 11 is 0. The van der Waals surface area contributed by atoms with Crippen LogP contribution in [0.15, 0.2) is 24.3 Å². The Labute approximate surface area is 83.8 Å². The van der Waals surface area contributed by atoms with Crippen LogP contribution in [-0.2, 0) is 5.54 Å². The molecule has 2 N–H and O–H groups in total. The molecule has 0 amide bonds. The van der Waals surface area contributed by atoms with E-state index in [2.05, 4.69) is 6.07 Å². The molecule has 3 heteroatoms. The summed E-state index contributed by atoms with van der Waals surface area (Å²) in [5.41, 5.74) is 7.75. The lowest BCUT2D eigenvalue weighted by Crippen LogP contribution is -2.18. The Kier molecular flexibility index (Phi) is 2.60. The molecule has 1 aliphatic rings. The van der Waals surface area contributed by atoms with Gasteiger partial charge >= 0.3 is 0 Å². The minimum atomic E-state index is -0.0754. The minimum Gasteiger partial charge on any atom is -0.321 e. The third kappa shape index (κ3) is 1.82. The van der Waals surface area contributed by atoms with Crippen molar-refractivity contribution < 1.29 is 0 Å². The first kappa shape index (κ1) is 10.0. The monoisotopic (exact) mass is 194 g/mol. The van der Waals surface area contributed by atoms with Crippen LogP contribution in [-0.4, -0.2) is 0 Å². The highest BCUT2D eigenvalue weighted by atomic mass is 35.5. The SMILES string of the molecule is Cl.N#Cc1ccc(C2(N)CC2)cc1. The molecule has 1 aromatic rings. The average molecular weight is 195 g/mol. The summed E-state index contributed by atoms with van der Waals surface area (Å²) in [4.78, 5) is 0. The third-order valence-electron chi connectivity index (χ3n) is 2.38. The van der Waals surface area contributed by atoms with Crippen LogP contribution in [0.3, 0.4) is 0 Å². The van der Waals surface area contributed by atoms with Crippen LogP contribution in [0.4, 0.5) is 0 Å². The van der Waals surface area contributed by atoms with Gasteiger partial charge in [0.05, 0.1) is 11.6 Å². The summed E-state index contributed by atoms with van der Waals surface area (Å²) < 4.78 is 0. The molecule has 2 rings (SSSR count). The fourth-order valence-electron chi connectivity index (χ4n) is 1.30. The summed E-state index contributed by atoms with van der Waals surface area (Å²) in [5.74, 6) is 0. The number of hydrogen-bond donors (Lipinski definition) is 1. The molecule has 0 saturated heterocycles. The lowest BCUT2D eigenvalue weighted by Gasteiger charge is -2.07. The zero-order valence-electron chi connectivity index (χ0n) is 7.16. The van der Waals surface area contributed by atoms with Crippen LogP contribution in [0.1, 0.15) is 24.0 Å². The van der Waals surface area contributed by atoms with E-state index in [0.29, 0.717) is 5.56 Å². The Hall–Kier alpha value is -1.04. The second-order valence-corrected chi connectivity index (χ2v) is 3.35. The van der Waals surface area contributed by atoms with Gasteiger partial charge in [-0.3, -0.25) is 0 Å². The number of hydrogen-bond acceptors (Lipinski definition) is 2. The Balaban J connectivity index is 0.000000845. The number of nitrogens with zero attached hydrogens (tertiary/aromatic N) is 1. The highest BCUT2D eigenvalue weighted by molar-refractivity contribution is 5.85. The first-order valence-corrected chi connectivity index (χ1v) is 4.04. The van der Waals surface area contributed by atoms with Crippen molar-refractivity contribution in [3.63, 3.8) is 0 Å². The normalized spacial score (nSPS) is 16.9. The highest BCUT2D eigenvalue weighted by Crippen LogP contribution is 2.42. The molecule has 0 radical (unpaired) electrons. The van der Waals surface area contributed by atoms with Gasteiger partial charge in [0, 0.05) is 5.54 Å². The molecule has 0 unspecified atom stereocenters. The Bertz CT molecular complexity index is 333. The van der Waals surface area contributed by atoms with E-state index in [4.69, 9.17) is 11.0 Å². The van der Waals surface area contributed by atoms with E-state index < -0.39 is 0 Å². The van der Waals surface area contributed by atoms with Gasteiger partial charge < -0.3 is 5.73 Å². The van der Waals surface area contributed by atoms with E-state index in [1.165, 1.54) is 0 Å². The molecular formula is C10H11ClN2. The Morgan fingerprint density at radius 1 is 1.23 bits per heavy atom. The molecule has 1 aliphatic carbocycles. The van der Waals surface area contributed by atoms with Gasteiger partial charge in [0.25, 0.3) is 0 Å². The van der Waals surface area contributed by atoms with E-state index in [9.17, 15) is 0 Å². The van der Waals surface area contributed by atoms with Crippen LogP contribution in [0, 0.1) is 11.3 Å². The number of nitriles is 1. The summed E-state index contributed by atoms with van der Waals surface area (Å²) in [6.45, 7) is 0. The maximum atomic E-state index is 8.57. The van der Waals surface area contributed by atoms with Crippen molar-refractivity contribution in [2.24, 2.45) is 5.73 Å². The van der Waals surface area contributed by atoms with Gasteiger partial charge in [0.15, 0.2) is 0 Å². The number of benzene rings is 1. The van der Waals surface area contributed by atoms with Crippen molar-refractivity contribution in [3.8, 4) is 6.07 Å². The Morgan fingerprint density at radius 3 is 2.15 bits per heavy atom. The van der Waals surface area contributed by atoms with E-state index >= 15 is 0 Å². The first-order chi connectivity index (χ1) is 5.74. The molecule has 68 valence electrons.